The molecule has 0 spiro atoms. The lowest BCUT2D eigenvalue weighted by Crippen LogP contribution is -1.99. The topological polar surface area (TPSA) is 81.7 Å². The smallest absolute Gasteiger partial charge is 0.336 e. The number of nitrogens with zero attached hydrogens (tertiary/aromatic N) is 1. The molecule has 3 rings (SSSR count). The first-order chi connectivity index (χ1) is 9.95. The minimum atomic E-state index is -1.08. The molecule has 0 saturated heterocycles. The molecule has 0 radical (unpaired) electrons. The zero-order valence-corrected chi connectivity index (χ0v) is 13.8. The summed E-state index contributed by atoms with van der Waals surface area (Å²) in [4.78, 5) is 15.8. The Hall–Kier alpha value is -1.37. The molecule has 22 heavy (non-hydrogen) atoms. The molecule has 0 unspecified atom stereocenters. The van der Waals surface area contributed by atoms with Crippen molar-refractivity contribution in [3.8, 4) is 10.6 Å². The van der Waals surface area contributed by atoms with Crippen LogP contribution in [0.5, 0.6) is 0 Å². The van der Waals surface area contributed by atoms with Gasteiger partial charge in [-0.3, -0.25) is 0 Å². The van der Waals surface area contributed by atoms with E-state index in [1.165, 1.54) is 23.5 Å². The molecule has 0 aliphatic heterocycles. The number of fused-ring (bicyclic) bond motifs is 1. The summed E-state index contributed by atoms with van der Waals surface area (Å²) in [5, 5.41) is 10.9. The van der Waals surface area contributed by atoms with Crippen LogP contribution < -0.4 is 0 Å². The second-order valence-corrected chi connectivity index (χ2v) is 6.53. The fourth-order valence-corrected chi connectivity index (χ4v) is 3.39. The summed E-state index contributed by atoms with van der Waals surface area (Å²) in [6.45, 7) is 0. The Morgan fingerprint density at radius 1 is 1.09 bits per heavy atom. The van der Waals surface area contributed by atoms with Gasteiger partial charge in [0, 0.05) is 10.6 Å². The Labute approximate surface area is 144 Å². The Morgan fingerprint density at radius 3 is 2.45 bits per heavy atom. The summed E-state index contributed by atoms with van der Waals surface area (Å²) in [6.07, 6.45) is 0. The molecule has 1 heterocycles. The molecule has 2 aromatic carbocycles. The summed E-state index contributed by atoms with van der Waals surface area (Å²) in [7, 11) is 0. The van der Waals surface area contributed by atoms with Crippen molar-refractivity contribution in [3.05, 3.63) is 51.0 Å². The number of benzene rings is 2. The Morgan fingerprint density at radius 2 is 1.77 bits per heavy atom. The predicted molar refractivity (Wildman–Crippen MR) is 90.7 cm³/mol. The van der Waals surface area contributed by atoms with Crippen LogP contribution in [0.25, 0.3) is 20.8 Å². The molecule has 0 aliphatic rings. The molecule has 1 aromatic heterocycles. The average Bonchev–Trinajstić information content (AvgIpc) is 2.83. The first kappa shape index (κ1) is 17.0. The number of hydrogen-bond donors (Lipinski definition) is 1. The van der Waals surface area contributed by atoms with E-state index in [0.717, 1.165) is 4.70 Å². The second kappa shape index (κ2) is 6.40. The monoisotopic (exact) mass is 375 g/mol. The molecule has 8 heteroatoms. The number of aromatic nitrogens is 1. The maximum Gasteiger partial charge on any atom is 0.336 e. The van der Waals surface area contributed by atoms with Gasteiger partial charge in [0.1, 0.15) is 5.01 Å². The molecule has 0 atom stereocenters. The third-order valence-corrected chi connectivity index (χ3v) is 4.90. The van der Waals surface area contributed by atoms with Crippen LogP contribution in [0.1, 0.15) is 10.4 Å². The van der Waals surface area contributed by atoms with Gasteiger partial charge in [-0.2, -0.15) is 0 Å². The van der Waals surface area contributed by atoms with E-state index < -0.39 is 5.97 Å². The van der Waals surface area contributed by atoms with Crippen molar-refractivity contribution in [2.45, 2.75) is 0 Å². The molecular weight excluding hydrogens is 369 g/mol. The van der Waals surface area contributed by atoms with Gasteiger partial charge in [-0.1, -0.05) is 34.8 Å². The van der Waals surface area contributed by atoms with Gasteiger partial charge in [0.15, 0.2) is 0 Å². The Kier molecular flexibility index (Phi) is 4.94. The first-order valence-corrected chi connectivity index (χ1v) is 7.69. The molecule has 3 aromatic rings. The van der Waals surface area contributed by atoms with Gasteiger partial charge in [-0.05, 0) is 30.3 Å². The van der Waals surface area contributed by atoms with Gasteiger partial charge in [0.05, 0.1) is 25.8 Å². The van der Waals surface area contributed by atoms with Crippen molar-refractivity contribution in [1.82, 2.24) is 4.98 Å². The van der Waals surface area contributed by atoms with E-state index in [-0.39, 0.29) is 21.1 Å². The lowest BCUT2D eigenvalue weighted by atomic mass is 10.1. The van der Waals surface area contributed by atoms with Crippen LogP contribution in [0.15, 0.2) is 30.3 Å². The molecule has 0 saturated carbocycles. The SMILES string of the molecule is O.O=C(O)c1cc(Cl)c(Cl)cc1-c1nc2cc(Cl)ccc2s1. The maximum atomic E-state index is 11.4. The van der Waals surface area contributed by atoms with Gasteiger partial charge in [0.2, 0.25) is 0 Å². The van der Waals surface area contributed by atoms with Gasteiger partial charge in [0.25, 0.3) is 0 Å². The van der Waals surface area contributed by atoms with Crippen LogP contribution in [-0.2, 0) is 0 Å². The number of carboxylic acid groups (broad SMARTS) is 1. The van der Waals surface area contributed by atoms with Gasteiger partial charge in [-0.15, -0.1) is 11.3 Å². The lowest BCUT2D eigenvalue weighted by molar-refractivity contribution is 0.0697. The van der Waals surface area contributed by atoms with Crippen LogP contribution in [0.4, 0.5) is 0 Å². The van der Waals surface area contributed by atoms with Crippen molar-refractivity contribution < 1.29 is 15.4 Å². The number of hydrogen-bond acceptors (Lipinski definition) is 3. The Balaban J connectivity index is 0.00000176. The van der Waals surface area contributed by atoms with Gasteiger partial charge in [-0.25, -0.2) is 9.78 Å². The highest BCUT2D eigenvalue weighted by Crippen LogP contribution is 2.37. The largest absolute Gasteiger partial charge is 0.478 e. The fourth-order valence-electron chi connectivity index (χ4n) is 1.92. The molecular formula is C14H8Cl3NO3S. The second-order valence-electron chi connectivity index (χ2n) is 4.25. The quantitative estimate of drug-likeness (QED) is 0.697. The van der Waals surface area contributed by atoms with E-state index in [9.17, 15) is 9.90 Å². The van der Waals surface area contributed by atoms with Gasteiger partial charge < -0.3 is 10.6 Å². The molecule has 0 fully saturated rings. The van der Waals surface area contributed by atoms with Crippen LogP contribution in [-0.4, -0.2) is 21.5 Å². The van der Waals surface area contributed by atoms with E-state index >= 15 is 0 Å². The van der Waals surface area contributed by atoms with E-state index in [0.29, 0.717) is 21.1 Å². The predicted octanol–water partition coefficient (Wildman–Crippen LogP) is 4.80. The van der Waals surface area contributed by atoms with Crippen LogP contribution in [0.2, 0.25) is 15.1 Å². The molecule has 114 valence electrons. The third kappa shape index (κ3) is 3.04. The third-order valence-electron chi connectivity index (χ3n) is 2.87. The summed E-state index contributed by atoms with van der Waals surface area (Å²) in [6, 6.07) is 8.19. The molecule has 3 N–H and O–H groups in total. The zero-order chi connectivity index (χ0) is 15.1. The molecule has 4 nitrogen and oxygen atoms in total. The fraction of sp³-hybridized carbons (Fsp3) is 0. The van der Waals surface area contributed by atoms with Crippen LogP contribution >= 0.6 is 46.1 Å². The minimum absolute atomic E-state index is 0. The van der Waals surface area contributed by atoms with Crippen LogP contribution in [0, 0.1) is 0 Å². The van der Waals surface area contributed by atoms with E-state index in [1.54, 1.807) is 12.1 Å². The number of rotatable bonds is 2. The van der Waals surface area contributed by atoms with E-state index in [4.69, 9.17) is 34.8 Å². The number of halogens is 3. The zero-order valence-electron chi connectivity index (χ0n) is 10.7. The van der Waals surface area contributed by atoms with Crippen molar-refractivity contribution in [3.63, 3.8) is 0 Å². The standard InChI is InChI=1S/C14H6Cl3NO2S.H2O/c15-6-1-2-12-11(3-6)18-13(21-12)7-4-9(16)10(17)5-8(7)14(19)20;/h1-5H,(H,19,20);1H2. The highest BCUT2D eigenvalue weighted by Gasteiger charge is 2.18. The van der Waals surface area contributed by atoms with Crippen molar-refractivity contribution >= 4 is 62.3 Å². The van der Waals surface area contributed by atoms with Crippen molar-refractivity contribution in [2.75, 3.05) is 0 Å². The van der Waals surface area contributed by atoms with E-state index in [1.807, 2.05) is 6.07 Å². The number of aromatic carboxylic acids is 1. The number of carboxylic acids is 1. The van der Waals surface area contributed by atoms with E-state index in [2.05, 4.69) is 4.98 Å². The molecule has 0 bridgehead atoms. The number of carbonyl (C=O) groups is 1. The summed E-state index contributed by atoms with van der Waals surface area (Å²) in [5.41, 5.74) is 1.22. The first-order valence-electron chi connectivity index (χ1n) is 5.74. The maximum absolute atomic E-state index is 11.4. The van der Waals surface area contributed by atoms with Crippen molar-refractivity contribution in [1.29, 1.82) is 0 Å². The summed E-state index contributed by atoms with van der Waals surface area (Å²) >= 11 is 19.2. The summed E-state index contributed by atoms with van der Waals surface area (Å²) < 4.78 is 0.914. The number of thiazole rings is 1. The highest BCUT2D eigenvalue weighted by atomic mass is 35.5. The minimum Gasteiger partial charge on any atom is -0.478 e. The van der Waals surface area contributed by atoms with Crippen molar-refractivity contribution in [2.24, 2.45) is 0 Å². The normalized spacial score (nSPS) is 10.5. The van der Waals surface area contributed by atoms with Gasteiger partial charge >= 0.3 is 5.97 Å². The van der Waals surface area contributed by atoms with Crippen LogP contribution in [0.3, 0.4) is 0 Å². The lowest BCUT2D eigenvalue weighted by Gasteiger charge is -2.05. The molecule has 0 amide bonds. The molecule has 0 aliphatic carbocycles. The average molecular weight is 377 g/mol. The highest BCUT2D eigenvalue weighted by molar-refractivity contribution is 7.21. The Bertz CT molecular complexity index is 879. The summed E-state index contributed by atoms with van der Waals surface area (Å²) in [5.74, 6) is -1.08.